The molecule has 5 nitrogen and oxygen atoms in total. The first kappa shape index (κ1) is 9.79. The fraction of sp³-hybridized carbons (Fsp3) is 0.143. The van der Waals surface area contributed by atoms with Crippen molar-refractivity contribution >= 4 is 27.8 Å². The maximum atomic E-state index is 11.1. The van der Waals surface area contributed by atoms with Crippen LogP contribution in [0, 0.1) is 0 Å². The average Bonchev–Trinajstić information content (AvgIpc) is 2.47. The summed E-state index contributed by atoms with van der Waals surface area (Å²) >= 11 is 3.02. The van der Waals surface area contributed by atoms with Crippen LogP contribution in [-0.4, -0.2) is 23.5 Å². The number of carboxylic acids is 1. The smallest absolute Gasteiger partial charge is 0.322 e. The molecule has 0 spiro atoms. The Morgan fingerprint density at radius 2 is 2.23 bits per heavy atom. The molecule has 1 aromatic heterocycles. The standard InChI is InChI=1S/C7H6BrNO4/c8-5-2-1-4(13-5)7(12)9-3-6(10)11/h1-2H,3H2,(H,9,12)(H,10,11). The Morgan fingerprint density at radius 3 is 2.69 bits per heavy atom. The van der Waals surface area contributed by atoms with Crippen LogP contribution in [0.2, 0.25) is 0 Å². The van der Waals surface area contributed by atoms with Gasteiger partial charge in [-0.15, -0.1) is 0 Å². The van der Waals surface area contributed by atoms with Crippen molar-refractivity contribution in [3.8, 4) is 0 Å². The van der Waals surface area contributed by atoms with E-state index in [-0.39, 0.29) is 5.76 Å². The Hall–Kier alpha value is -1.30. The molecule has 0 aliphatic rings. The molecule has 0 saturated heterocycles. The zero-order chi connectivity index (χ0) is 9.84. The Labute approximate surface area is 81.9 Å². The molecule has 0 aromatic carbocycles. The van der Waals surface area contributed by atoms with Crippen LogP contribution >= 0.6 is 15.9 Å². The number of carbonyl (C=O) groups is 2. The van der Waals surface area contributed by atoms with Crippen LogP contribution in [0.3, 0.4) is 0 Å². The van der Waals surface area contributed by atoms with Gasteiger partial charge in [-0.2, -0.15) is 0 Å². The van der Waals surface area contributed by atoms with E-state index in [1.165, 1.54) is 6.07 Å². The Morgan fingerprint density at radius 1 is 1.54 bits per heavy atom. The highest BCUT2D eigenvalue weighted by atomic mass is 79.9. The minimum atomic E-state index is -1.10. The maximum Gasteiger partial charge on any atom is 0.322 e. The first-order valence-corrected chi connectivity index (χ1v) is 4.14. The van der Waals surface area contributed by atoms with Gasteiger partial charge in [-0.05, 0) is 28.1 Å². The van der Waals surface area contributed by atoms with Gasteiger partial charge >= 0.3 is 5.97 Å². The molecule has 70 valence electrons. The topological polar surface area (TPSA) is 79.5 Å². The number of carbonyl (C=O) groups excluding carboxylic acids is 1. The SMILES string of the molecule is O=C(O)CNC(=O)c1ccc(Br)o1. The van der Waals surface area contributed by atoms with Gasteiger partial charge in [0.2, 0.25) is 0 Å². The maximum absolute atomic E-state index is 11.1. The molecular formula is C7H6BrNO4. The third-order valence-corrected chi connectivity index (χ3v) is 1.62. The van der Waals surface area contributed by atoms with E-state index in [2.05, 4.69) is 21.2 Å². The highest BCUT2D eigenvalue weighted by Gasteiger charge is 2.10. The third-order valence-electron chi connectivity index (χ3n) is 1.20. The molecule has 1 amide bonds. The molecule has 13 heavy (non-hydrogen) atoms. The molecule has 0 radical (unpaired) electrons. The summed E-state index contributed by atoms with van der Waals surface area (Å²) in [6.45, 7) is -0.419. The van der Waals surface area contributed by atoms with Crippen molar-refractivity contribution < 1.29 is 19.1 Å². The summed E-state index contributed by atoms with van der Waals surface area (Å²) in [6, 6.07) is 3.00. The number of carboxylic acid groups (broad SMARTS) is 1. The summed E-state index contributed by atoms with van der Waals surface area (Å²) in [5.74, 6) is -1.57. The predicted molar refractivity (Wildman–Crippen MR) is 46.4 cm³/mol. The van der Waals surface area contributed by atoms with Crippen LogP contribution in [0.5, 0.6) is 0 Å². The minimum absolute atomic E-state index is 0.0770. The van der Waals surface area contributed by atoms with Crippen molar-refractivity contribution in [3.05, 3.63) is 22.6 Å². The Bertz CT molecular complexity index is 333. The summed E-state index contributed by atoms with van der Waals surface area (Å²) in [5, 5.41) is 10.4. The highest BCUT2D eigenvalue weighted by Crippen LogP contribution is 2.13. The molecule has 0 atom stereocenters. The molecule has 0 fully saturated rings. The van der Waals surface area contributed by atoms with Gasteiger partial charge < -0.3 is 14.8 Å². The fourth-order valence-corrected chi connectivity index (χ4v) is 0.986. The van der Waals surface area contributed by atoms with Crippen LogP contribution in [0.15, 0.2) is 21.2 Å². The number of hydrogen-bond donors (Lipinski definition) is 2. The van der Waals surface area contributed by atoms with Gasteiger partial charge in [0.05, 0.1) is 0 Å². The van der Waals surface area contributed by atoms with Crippen molar-refractivity contribution in [1.82, 2.24) is 5.32 Å². The molecule has 0 unspecified atom stereocenters. The first-order chi connectivity index (χ1) is 6.09. The van der Waals surface area contributed by atoms with E-state index in [0.29, 0.717) is 4.67 Å². The number of nitrogens with one attached hydrogen (secondary N) is 1. The van der Waals surface area contributed by atoms with Crippen molar-refractivity contribution in [1.29, 1.82) is 0 Å². The van der Waals surface area contributed by atoms with E-state index >= 15 is 0 Å². The van der Waals surface area contributed by atoms with Gasteiger partial charge in [0, 0.05) is 0 Å². The normalized spacial score (nSPS) is 9.62. The number of hydrogen-bond acceptors (Lipinski definition) is 3. The third kappa shape index (κ3) is 2.90. The first-order valence-electron chi connectivity index (χ1n) is 3.35. The molecule has 0 aliphatic heterocycles. The van der Waals surface area contributed by atoms with Gasteiger partial charge in [0.25, 0.3) is 5.91 Å². The molecule has 0 saturated carbocycles. The number of furan rings is 1. The van der Waals surface area contributed by atoms with Gasteiger partial charge in [-0.1, -0.05) is 0 Å². The van der Waals surface area contributed by atoms with E-state index in [0.717, 1.165) is 0 Å². The largest absolute Gasteiger partial charge is 0.480 e. The molecule has 1 aromatic rings. The van der Waals surface area contributed by atoms with Crippen molar-refractivity contribution in [2.24, 2.45) is 0 Å². The highest BCUT2D eigenvalue weighted by molar-refractivity contribution is 9.10. The predicted octanol–water partition coefficient (Wildman–Crippen LogP) is 0.856. The van der Waals surface area contributed by atoms with Crippen LogP contribution < -0.4 is 5.32 Å². The zero-order valence-electron chi connectivity index (χ0n) is 6.41. The molecule has 2 N–H and O–H groups in total. The zero-order valence-corrected chi connectivity index (χ0v) is 8.00. The lowest BCUT2D eigenvalue weighted by Crippen LogP contribution is -2.28. The van der Waals surface area contributed by atoms with Gasteiger partial charge in [0.15, 0.2) is 10.4 Å². The Kier molecular flexibility index (Phi) is 3.07. The van der Waals surface area contributed by atoms with Crippen molar-refractivity contribution in [2.75, 3.05) is 6.54 Å². The second-order valence-electron chi connectivity index (χ2n) is 2.18. The molecule has 1 heterocycles. The van der Waals surface area contributed by atoms with Gasteiger partial charge in [-0.3, -0.25) is 9.59 Å². The average molecular weight is 248 g/mol. The molecular weight excluding hydrogens is 242 g/mol. The van der Waals surface area contributed by atoms with Crippen molar-refractivity contribution in [2.45, 2.75) is 0 Å². The van der Waals surface area contributed by atoms with Crippen LogP contribution in [0.25, 0.3) is 0 Å². The number of amides is 1. The lowest BCUT2D eigenvalue weighted by molar-refractivity contribution is -0.135. The van der Waals surface area contributed by atoms with E-state index in [4.69, 9.17) is 9.52 Å². The summed E-state index contributed by atoms with van der Waals surface area (Å²) in [7, 11) is 0. The second kappa shape index (κ2) is 4.08. The number of aliphatic carboxylic acids is 1. The quantitative estimate of drug-likeness (QED) is 0.831. The van der Waals surface area contributed by atoms with E-state index < -0.39 is 18.4 Å². The van der Waals surface area contributed by atoms with Crippen molar-refractivity contribution in [3.63, 3.8) is 0 Å². The second-order valence-corrected chi connectivity index (χ2v) is 2.96. The monoisotopic (exact) mass is 247 g/mol. The number of halogens is 1. The van der Waals surface area contributed by atoms with E-state index in [9.17, 15) is 9.59 Å². The minimum Gasteiger partial charge on any atom is -0.480 e. The lowest BCUT2D eigenvalue weighted by atomic mass is 10.4. The van der Waals surface area contributed by atoms with E-state index in [1.54, 1.807) is 6.07 Å². The lowest BCUT2D eigenvalue weighted by Gasteiger charge is -1.97. The van der Waals surface area contributed by atoms with Crippen LogP contribution in [0.4, 0.5) is 0 Å². The summed E-state index contributed by atoms with van der Waals surface area (Å²) in [5.41, 5.74) is 0. The molecule has 0 aliphatic carbocycles. The molecule has 1 rings (SSSR count). The molecule has 6 heteroatoms. The van der Waals surface area contributed by atoms with Crippen LogP contribution in [0.1, 0.15) is 10.6 Å². The molecule has 0 bridgehead atoms. The summed E-state index contributed by atoms with van der Waals surface area (Å²) in [4.78, 5) is 21.2. The van der Waals surface area contributed by atoms with Gasteiger partial charge in [0.1, 0.15) is 6.54 Å². The Balaban J connectivity index is 2.54. The van der Waals surface area contributed by atoms with Gasteiger partial charge in [-0.25, -0.2) is 0 Å². The summed E-state index contributed by atoms with van der Waals surface area (Å²) < 4.78 is 5.31. The van der Waals surface area contributed by atoms with E-state index in [1.807, 2.05) is 0 Å². The fourth-order valence-electron chi connectivity index (χ4n) is 0.679. The number of rotatable bonds is 3. The summed E-state index contributed by atoms with van der Waals surface area (Å²) in [6.07, 6.45) is 0. The van der Waals surface area contributed by atoms with Crippen LogP contribution in [-0.2, 0) is 4.79 Å².